The number of amides is 1. The molecule has 1 unspecified atom stereocenters. The molecule has 0 saturated carbocycles. The van der Waals surface area contributed by atoms with Gasteiger partial charge in [0.25, 0.3) is 0 Å². The second-order valence-corrected chi connectivity index (χ2v) is 10.0. The number of carbonyl (C=O) groups excluding carboxylic acids is 1. The van der Waals surface area contributed by atoms with Gasteiger partial charge in [0.15, 0.2) is 0 Å². The lowest BCUT2D eigenvalue weighted by atomic mass is 9.84. The molecule has 7 nitrogen and oxygen atoms in total. The highest BCUT2D eigenvalue weighted by atomic mass is 16.5. The molecule has 0 aliphatic carbocycles. The van der Waals surface area contributed by atoms with Crippen molar-refractivity contribution in [1.29, 1.82) is 0 Å². The zero-order chi connectivity index (χ0) is 26.1. The Morgan fingerprint density at radius 1 is 1.19 bits per heavy atom. The van der Waals surface area contributed by atoms with Gasteiger partial charge >= 0.3 is 0 Å². The summed E-state index contributed by atoms with van der Waals surface area (Å²) in [5.74, 6) is 0.804. The average molecular weight is 495 g/mol. The predicted molar refractivity (Wildman–Crippen MR) is 145 cm³/mol. The van der Waals surface area contributed by atoms with Crippen LogP contribution in [-0.2, 0) is 11.2 Å². The number of fused-ring (bicyclic) bond motifs is 1. The summed E-state index contributed by atoms with van der Waals surface area (Å²) in [6.07, 6.45) is 5.42. The van der Waals surface area contributed by atoms with Gasteiger partial charge in [0.2, 0.25) is 5.91 Å². The molecular formula is C29H42N4O3. The van der Waals surface area contributed by atoms with Gasteiger partial charge in [-0.2, -0.15) is 5.10 Å². The van der Waals surface area contributed by atoms with Crippen LogP contribution in [0.2, 0.25) is 0 Å². The van der Waals surface area contributed by atoms with Gasteiger partial charge in [-0.15, -0.1) is 0 Å². The number of carbonyl (C=O) groups is 1. The van der Waals surface area contributed by atoms with Crippen molar-refractivity contribution in [3.63, 3.8) is 0 Å². The topological polar surface area (TPSA) is 86.2 Å². The molecule has 4 rings (SSSR count). The van der Waals surface area contributed by atoms with Gasteiger partial charge in [0.05, 0.1) is 11.8 Å². The van der Waals surface area contributed by atoms with Crippen LogP contribution in [0.25, 0.3) is 0 Å². The lowest BCUT2D eigenvalue weighted by Crippen LogP contribution is -2.55. The van der Waals surface area contributed by atoms with Crippen molar-refractivity contribution in [2.75, 3.05) is 13.6 Å². The number of ether oxygens (including phenoxy) is 1. The van der Waals surface area contributed by atoms with Crippen molar-refractivity contribution in [3.05, 3.63) is 65.2 Å². The van der Waals surface area contributed by atoms with E-state index in [2.05, 4.69) is 53.3 Å². The standard InChI is InChI=1S/C19H28N4O3.C10H14/c1-12(21-22-20-4)13-8-9-15-14(11-13)17(18(25)19(2,3)26-15)23-10-6-5-7-16(23)24;1-2-3-7-10-8-5-4-6-9-10/h8-9,11,17-18,20,22,25H,5-7,10H2,1-4H3;4-6,8-9H,2-3,7H2,1H3/b21-12+;/t17?,18-;/m0./s1. The summed E-state index contributed by atoms with van der Waals surface area (Å²) in [4.78, 5) is 14.4. The normalized spacial score (nSPS) is 21.1. The minimum Gasteiger partial charge on any atom is -0.485 e. The Labute approximate surface area is 215 Å². The van der Waals surface area contributed by atoms with E-state index in [1.165, 1.54) is 24.8 Å². The summed E-state index contributed by atoms with van der Waals surface area (Å²) in [7, 11) is 1.74. The Bertz CT molecular complexity index is 1020. The number of rotatable bonds is 7. The maximum absolute atomic E-state index is 12.6. The van der Waals surface area contributed by atoms with E-state index in [4.69, 9.17) is 4.74 Å². The Morgan fingerprint density at radius 2 is 1.94 bits per heavy atom. The second kappa shape index (κ2) is 12.9. The Morgan fingerprint density at radius 3 is 2.61 bits per heavy atom. The van der Waals surface area contributed by atoms with Crippen molar-refractivity contribution in [2.45, 2.75) is 84.0 Å². The zero-order valence-electron chi connectivity index (χ0n) is 22.4. The van der Waals surface area contributed by atoms with Crippen molar-refractivity contribution in [1.82, 2.24) is 15.9 Å². The second-order valence-electron chi connectivity index (χ2n) is 10.0. The van der Waals surface area contributed by atoms with Crippen LogP contribution >= 0.6 is 0 Å². The van der Waals surface area contributed by atoms with E-state index in [9.17, 15) is 9.90 Å². The summed E-state index contributed by atoms with van der Waals surface area (Å²) in [6, 6.07) is 16.1. The largest absolute Gasteiger partial charge is 0.485 e. The van der Waals surface area contributed by atoms with Crippen LogP contribution in [0, 0.1) is 0 Å². The molecule has 0 spiro atoms. The number of nitrogens with zero attached hydrogens (tertiary/aromatic N) is 2. The molecule has 2 aromatic rings. The van der Waals surface area contributed by atoms with Gasteiger partial charge in [-0.25, -0.2) is 11.0 Å². The Hall–Kier alpha value is -2.90. The third-order valence-corrected chi connectivity index (χ3v) is 6.82. The molecule has 2 heterocycles. The molecule has 36 heavy (non-hydrogen) atoms. The summed E-state index contributed by atoms with van der Waals surface area (Å²) in [5.41, 5.74) is 8.72. The average Bonchev–Trinajstić information content (AvgIpc) is 2.88. The monoisotopic (exact) mass is 494 g/mol. The molecule has 1 fully saturated rings. The molecule has 3 N–H and O–H groups in total. The van der Waals surface area contributed by atoms with Gasteiger partial charge < -0.3 is 14.7 Å². The maximum atomic E-state index is 12.6. The molecule has 2 aliphatic rings. The summed E-state index contributed by atoms with van der Waals surface area (Å²) in [6.45, 7) is 8.51. The molecule has 7 heteroatoms. The number of hydrogen-bond donors (Lipinski definition) is 3. The summed E-state index contributed by atoms with van der Waals surface area (Å²) < 4.78 is 6.05. The van der Waals surface area contributed by atoms with Crippen LogP contribution in [0.15, 0.2) is 53.6 Å². The highest BCUT2D eigenvalue weighted by Gasteiger charge is 2.47. The first-order valence-corrected chi connectivity index (χ1v) is 13.1. The van der Waals surface area contributed by atoms with Gasteiger partial charge in [-0.05, 0) is 75.8 Å². The Kier molecular flexibility index (Phi) is 9.90. The van der Waals surface area contributed by atoms with Crippen molar-refractivity contribution < 1.29 is 14.6 Å². The fourth-order valence-corrected chi connectivity index (χ4v) is 4.68. The highest BCUT2D eigenvalue weighted by molar-refractivity contribution is 5.99. The van der Waals surface area contributed by atoms with E-state index in [1.807, 2.05) is 43.9 Å². The van der Waals surface area contributed by atoms with Crippen molar-refractivity contribution in [3.8, 4) is 5.75 Å². The van der Waals surface area contributed by atoms with Gasteiger partial charge in [-0.3, -0.25) is 4.79 Å². The summed E-state index contributed by atoms with van der Waals surface area (Å²) in [5, 5.41) is 15.2. The van der Waals surface area contributed by atoms with Crippen LogP contribution in [0.1, 0.15) is 82.5 Å². The lowest BCUT2D eigenvalue weighted by Gasteiger charge is -2.47. The first kappa shape index (κ1) is 27.7. The molecule has 2 aromatic carbocycles. The van der Waals surface area contributed by atoms with Crippen LogP contribution in [0.4, 0.5) is 0 Å². The smallest absolute Gasteiger partial charge is 0.223 e. The molecule has 2 aliphatic heterocycles. The number of hydrogen-bond acceptors (Lipinski definition) is 6. The highest BCUT2D eigenvalue weighted by Crippen LogP contribution is 2.44. The van der Waals surface area contributed by atoms with Gasteiger partial charge in [0.1, 0.15) is 17.5 Å². The fourth-order valence-electron chi connectivity index (χ4n) is 4.68. The number of unbranched alkanes of at least 4 members (excludes halogenated alkanes) is 1. The minimum absolute atomic E-state index is 0.0941. The molecule has 1 saturated heterocycles. The zero-order valence-corrected chi connectivity index (χ0v) is 22.4. The van der Waals surface area contributed by atoms with Crippen LogP contribution < -0.4 is 15.7 Å². The van der Waals surface area contributed by atoms with Gasteiger partial charge in [0, 0.05) is 25.6 Å². The predicted octanol–water partition coefficient (Wildman–Crippen LogP) is 4.75. The van der Waals surface area contributed by atoms with Crippen molar-refractivity contribution >= 4 is 11.6 Å². The molecule has 0 radical (unpaired) electrons. The number of likely N-dealkylation sites (tertiary alicyclic amines) is 1. The van der Waals surface area contributed by atoms with Crippen molar-refractivity contribution in [2.24, 2.45) is 5.10 Å². The third kappa shape index (κ3) is 6.86. The Balaban J connectivity index is 0.000000303. The number of piperidine rings is 1. The first-order valence-electron chi connectivity index (χ1n) is 13.1. The molecule has 0 bridgehead atoms. The van der Waals surface area contributed by atoms with E-state index in [1.54, 1.807) is 7.05 Å². The molecule has 1 amide bonds. The molecule has 2 atom stereocenters. The van der Waals surface area contributed by atoms with Crippen LogP contribution in [0.3, 0.4) is 0 Å². The van der Waals surface area contributed by atoms with E-state index >= 15 is 0 Å². The SMILES string of the molecule is CCCCc1ccccc1.CNN/N=C(\C)c1ccc2c(c1)C(N1CCCCC1=O)[C@H](O)C(C)(C)O2. The number of hydrazone groups is 1. The number of aliphatic hydroxyl groups excluding tert-OH is 1. The third-order valence-electron chi connectivity index (χ3n) is 6.82. The van der Waals surface area contributed by atoms with E-state index < -0.39 is 17.7 Å². The van der Waals surface area contributed by atoms with E-state index in [0.717, 1.165) is 29.7 Å². The number of benzene rings is 2. The molecule has 196 valence electrons. The molecular weight excluding hydrogens is 452 g/mol. The van der Waals surface area contributed by atoms with Crippen LogP contribution in [-0.4, -0.2) is 46.9 Å². The summed E-state index contributed by atoms with van der Waals surface area (Å²) >= 11 is 0. The number of aryl methyl sites for hydroxylation is 1. The molecule has 0 aromatic heterocycles. The first-order chi connectivity index (χ1) is 17.3. The van der Waals surface area contributed by atoms with E-state index in [-0.39, 0.29) is 5.91 Å². The lowest BCUT2D eigenvalue weighted by molar-refractivity contribution is -0.147. The number of nitrogens with one attached hydrogen (secondary N) is 2. The number of aliphatic hydroxyl groups is 1. The maximum Gasteiger partial charge on any atom is 0.223 e. The van der Waals surface area contributed by atoms with Crippen LogP contribution in [0.5, 0.6) is 5.75 Å². The minimum atomic E-state index is -0.806. The van der Waals surface area contributed by atoms with E-state index in [0.29, 0.717) is 18.7 Å². The quantitative estimate of drug-likeness (QED) is 0.382. The van der Waals surface area contributed by atoms with Gasteiger partial charge in [-0.1, -0.05) is 43.7 Å². The fraction of sp³-hybridized carbons (Fsp3) is 0.517. The number of hydrazine groups is 1.